The van der Waals surface area contributed by atoms with Crippen molar-refractivity contribution in [3.05, 3.63) is 35.6 Å². The topological polar surface area (TPSA) is 80.0 Å². The molecule has 1 atom stereocenters. The number of hydrogen-bond donors (Lipinski definition) is 2. The highest BCUT2D eigenvalue weighted by Crippen LogP contribution is 2.34. The minimum absolute atomic E-state index is 0. The molecule has 2 aliphatic heterocycles. The zero-order valence-electron chi connectivity index (χ0n) is 17.0. The summed E-state index contributed by atoms with van der Waals surface area (Å²) in [6.07, 6.45) is 4.23. The van der Waals surface area contributed by atoms with Crippen molar-refractivity contribution in [3.63, 3.8) is 0 Å². The molecule has 2 heterocycles. The van der Waals surface area contributed by atoms with Crippen LogP contribution in [-0.2, 0) is 14.9 Å². The smallest absolute Gasteiger partial charge is 0.217 e. The maximum atomic E-state index is 13.4. The Hall–Kier alpha value is -1.42. The van der Waals surface area contributed by atoms with Crippen LogP contribution in [0.1, 0.15) is 37.7 Å². The second-order valence-electron chi connectivity index (χ2n) is 7.93. The number of guanidine groups is 1. The predicted octanol–water partition coefficient (Wildman–Crippen LogP) is 2.65. The van der Waals surface area contributed by atoms with Crippen molar-refractivity contribution in [2.24, 2.45) is 16.6 Å². The summed E-state index contributed by atoms with van der Waals surface area (Å²) >= 11 is 0. The van der Waals surface area contributed by atoms with Crippen LogP contribution in [0.5, 0.6) is 0 Å². The predicted molar refractivity (Wildman–Crippen MR) is 123 cm³/mol. The van der Waals surface area contributed by atoms with Crippen molar-refractivity contribution in [1.82, 2.24) is 10.2 Å². The SMILES string of the molecule is CN=C(NCC1(c2ccc(F)cc2)CCOCC1)N1CCCC(CC(N)=O)C1.I. The highest BCUT2D eigenvalue weighted by molar-refractivity contribution is 14.0. The molecule has 0 radical (unpaired) electrons. The van der Waals surface area contributed by atoms with E-state index in [2.05, 4.69) is 15.2 Å². The Balaban J connectivity index is 0.00000300. The number of aliphatic imine (C=N–C) groups is 1. The summed E-state index contributed by atoms with van der Waals surface area (Å²) < 4.78 is 19.0. The van der Waals surface area contributed by atoms with Crippen LogP contribution in [0.2, 0.25) is 0 Å². The molecule has 0 bridgehead atoms. The Bertz CT molecular complexity index is 692. The van der Waals surface area contributed by atoms with Crippen LogP contribution in [0.3, 0.4) is 0 Å². The van der Waals surface area contributed by atoms with E-state index in [-0.39, 0.29) is 47.0 Å². The zero-order chi connectivity index (χ0) is 20.0. The molecule has 29 heavy (non-hydrogen) atoms. The second kappa shape index (κ2) is 11.1. The Morgan fingerprint density at radius 1 is 1.34 bits per heavy atom. The van der Waals surface area contributed by atoms with Crippen LogP contribution in [0, 0.1) is 11.7 Å². The molecule has 1 aromatic rings. The van der Waals surface area contributed by atoms with E-state index in [4.69, 9.17) is 10.5 Å². The molecule has 1 amide bonds. The van der Waals surface area contributed by atoms with Crippen LogP contribution < -0.4 is 11.1 Å². The van der Waals surface area contributed by atoms with Crippen molar-refractivity contribution in [1.29, 1.82) is 0 Å². The lowest BCUT2D eigenvalue weighted by Gasteiger charge is -2.40. The van der Waals surface area contributed by atoms with Crippen LogP contribution in [0.15, 0.2) is 29.3 Å². The molecule has 0 saturated carbocycles. The molecule has 3 N–H and O–H groups in total. The highest BCUT2D eigenvalue weighted by Gasteiger charge is 2.35. The molecule has 2 fully saturated rings. The summed E-state index contributed by atoms with van der Waals surface area (Å²) in [4.78, 5) is 18.0. The summed E-state index contributed by atoms with van der Waals surface area (Å²) in [5.41, 5.74) is 6.41. The normalized spacial score (nSPS) is 21.9. The minimum Gasteiger partial charge on any atom is -0.381 e. The maximum absolute atomic E-state index is 13.4. The maximum Gasteiger partial charge on any atom is 0.217 e. The molecule has 1 aromatic carbocycles. The fourth-order valence-corrected chi connectivity index (χ4v) is 4.42. The van der Waals surface area contributed by atoms with E-state index >= 15 is 0 Å². The number of primary amides is 1. The van der Waals surface area contributed by atoms with E-state index in [9.17, 15) is 9.18 Å². The number of piperidine rings is 1. The molecule has 162 valence electrons. The first kappa shape index (κ1) is 23.9. The van der Waals surface area contributed by atoms with Gasteiger partial charge in [0.2, 0.25) is 5.91 Å². The quantitative estimate of drug-likeness (QED) is 0.357. The number of nitrogens with two attached hydrogens (primary N) is 1. The molecule has 2 aliphatic rings. The summed E-state index contributed by atoms with van der Waals surface area (Å²) in [5, 5.41) is 3.55. The Morgan fingerprint density at radius 2 is 2.03 bits per heavy atom. The third kappa shape index (κ3) is 6.28. The first-order valence-electron chi connectivity index (χ1n) is 10.1. The molecule has 0 aliphatic carbocycles. The molecule has 6 nitrogen and oxygen atoms in total. The highest BCUT2D eigenvalue weighted by atomic mass is 127. The summed E-state index contributed by atoms with van der Waals surface area (Å²) in [5.74, 6) is 0.664. The van der Waals surface area contributed by atoms with Crippen LogP contribution in [0.4, 0.5) is 4.39 Å². The standard InChI is InChI=1S/C21H31FN4O2.HI/c1-24-20(26-10-2-3-16(14-26)13-19(23)27)25-15-21(8-11-28-12-9-21)17-4-6-18(22)7-5-17;/h4-7,16H,2-3,8-15H2,1H3,(H2,23,27)(H,24,25);1H. The van der Waals surface area contributed by atoms with Crippen molar-refractivity contribution < 1.29 is 13.9 Å². The van der Waals surface area contributed by atoms with Gasteiger partial charge in [-0.1, -0.05) is 12.1 Å². The van der Waals surface area contributed by atoms with E-state index in [1.165, 1.54) is 12.1 Å². The van der Waals surface area contributed by atoms with Gasteiger partial charge in [0.15, 0.2) is 5.96 Å². The van der Waals surface area contributed by atoms with Gasteiger partial charge in [-0.3, -0.25) is 9.79 Å². The molecule has 0 spiro atoms. The van der Waals surface area contributed by atoms with Crippen molar-refractivity contribution in [3.8, 4) is 0 Å². The first-order chi connectivity index (χ1) is 13.5. The van der Waals surface area contributed by atoms with E-state index in [1.807, 2.05) is 12.1 Å². The third-order valence-electron chi connectivity index (χ3n) is 6.01. The lowest BCUT2D eigenvalue weighted by Crippen LogP contribution is -2.51. The zero-order valence-corrected chi connectivity index (χ0v) is 19.4. The second-order valence-corrected chi connectivity index (χ2v) is 7.93. The largest absolute Gasteiger partial charge is 0.381 e. The van der Waals surface area contributed by atoms with Crippen LogP contribution in [-0.4, -0.2) is 56.7 Å². The number of carbonyl (C=O) groups excluding carboxylic acids is 1. The molecular formula is C21H32FIN4O2. The number of benzene rings is 1. The number of amides is 1. The van der Waals surface area contributed by atoms with Crippen molar-refractivity contribution in [2.75, 3.05) is 39.9 Å². The van der Waals surface area contributed by atoms with Gasteiger partial charge in [0.1, 0.15) is 5.82 Å². The molecule has 8 heteroatoms. The molecule has 1 unspecified atom stereocenters. The number of hydrogen-bond acceptors (Lipinski definition) is 3. The average molecular weight is 518 g/mol. The Kier molecular flexibility index (Phi) is 9.13. The molecule has 0 aromatic heterocycles. The van der Waals surface area contributed by atoms with Gasteiger partial charge in [0, 0.05) is 51.7 Å². The molecule has 3 rings (SSSR count). The summed E-state index contributed by atoms with van der Waals surface area (Å²) in [7, 11) is 1.79. The van der Waals surface area contributed by atoms with Crippen molar-refractivity contribution >= 4 is 35.8 Å². The number of rotatable bonds is 5. The Morgan fingerprint density at radius 3 is 2.66 bits per heavy atom. The summed E-state index contributed by atoms with van der Waals surface area (Å²) in [6.45, 7) is 3.81. The number of nitrogens with zero attached hydrogens (tertiary/aromatic N) is 2. The van der Waals surface area contributed by atoms with Gasteiger partial charge in [-0.2, -0.15) is 0 Å². The van der Waals surface area contributed by atoms with Gasteiger partial charge in [0.25, 0.3) is 0 Å². The fourth-order valence-electron chi connectivity index (χ4n) is 4.42. The number of likely N-dealkylation sites (tertiary alicyclic amines) is 1. The average Bonchev–Trinajstić information content (AvgIpc) is 2.69. The van der Waals surface area contributed by atoms with Crippen LogP contribution >= 0.6 is 24.0 Å². The van der Waals surface area contributed by atoms with Gasteiger partial charge >= 0.3 is 0 Å². The monoisotopic (exact) mass is 518 g/mol. The van der Waals surface area contributed by atoms with Crippen LogP contribution in [0.25, 0.3) is 0 Å². The third-order valence-corrected chi connectivity index (χ3v) is 6.01. The fraction of sp³-hybridized carbons (Fsp3) is 0.619. The lowest BCUT2D eigenvalue weighted by atomic mass is 9.74. The lowest BCUT2D eigenvalue weighted by molar-refractivity contribution is -0.119. The first-order valence-corrected chi connectivity index (χ1v) is 10.1. The number of ether oxygens (including phenoxy) is 1. The van der Waals surface area contributed by atoms with Gasteiger partial charge in [-0.05, 0) is 49.3 Å². The van der Waals surface area contributed by atoms with Gasteiger partial charge in [0.05, 0.1) is 0 Å². The Labute approximate surface area is 189 Å². The van der Waals surface area contributed by atoms with Crippen molar-refractivity contribution in [2.45, 2.75) is 37.5 Å². The van der Waals surface area contributed by atoms with E-state index in [0.29, 0.717) is 26.2 Å². The van der Waals surface area contributed by atoms with E-state index < -0.39 is 0 Å². The summed E-state index contributed by atoms with van der Waals surface area (Å²) in [6, 6.07) is 6.82. The number of carbonyl (C=O) groups is 1. The number of nitrogens with one attached hydrogen (secondary N) is 1. The number of halogens is 2. The van der Waals surface area contributed by atoms with E-state index in [1.54, 1.807) is 7.05 Å². The van der Waals surface area contributed by atoms with Gasteiger partial charge in [-0.25, -0.2) is 4.39 Å². The van der Waals surface area contributed by atoms with Gasteiger partial charge in [-0.15, -0.1) is 24.0 Å². The van der Waals surface area contributed by atoms with Gasteiger partial charge < -0.3 is 20.7 Å². The molecule has 2 saturated heterocycles. The minimum atomic E-state index is -0.243. The van der Waals surface area contributed by atoms with E-state index in [0.717, 1.165) is 50.3 Å². The molecular weight excluding hydrogens is 486 g/mol.